The van der Waals surface area contributed by atoms with Crippen molar-refractivity contribution in [2.75, 3.05) is 12.8 Å². The molecule has 1 aromatic carbocycles. The van der Waals surface area contributed by atoms with E-state index in [1.54, 1.807) is 6.33 Å². The highest BCUT2D eigenvalue weighted by atomic mass is 32.2. The first kappa shape index (κ1) is 14.9. The van der Waals surface area contributed by atoms with E-state index in [0.29, 0.717) is 12.1 Å². The van der Waals surface area contributed by atoms with Crippen molar-refractivity contribution < 1.29 is 4.79 Å². The van der Waals surface area contributed by atoms with Crippen LogP contribution in [0.5, 0.6) is 0 Å². The molecule has 0 radical (unpaired) electrons. The number of rotatable bonds is 6. The molecule has 0 aliphatic heterocycles. The zero-order valence-electron chi connectivity index (χ0n) is 12.2. The fourth-order valence-corrected chi connectivity index (χ4v) is 3.07. The SMILES string of the molecule is CCC(CC)(CNC(=O)c1ccc2nc[nH]c2c1)SC. The number of aromatic amines is 1. The molecule has 0 aliphatic rings. The van der Waals surface area contributed by atoms with Crippen molar-refractivity contribution in [1.29, 1.82) is 0 Å². The summed E-state index contributed by atoms with van der Waals surface area (Å²) < 4.78 is 0.133. The zero-order chi connectivity index (χ0) is 14.6. The molecule has 0 saturated heterocycles. The second-order valence-corrected chi connectivity index (χ2v) is 6.19. The Balaban J connectivity index is 2.07. The second-order valence-electron chi connectivity index (χ2n) is 4.91. The summed E-state index contributed by atoms with van der Waals surface area (Å²) in [5, 5.41) is 3.06. The first-order valence-electron chi connectivity index (χ1n) is 6.90. The zero-order valence-corrected chi connectivity index (χ0v) is 13.0. The van der Waals surface area contributed by atoms with Gasteiger partial charge in [0.25, 0.3) is 5.91 Å². The van der Waals surface area contributed by atoms with E-state index < -0.39 is 0 Å². The Morgan fingerprint density at radius 2 is 2.15 bits per heavy atom. The summed E-state index contributed by atoms with van der Waals surface area (Å²) in [7, 11) is 0. The summed E-state index contributed by atoms with van der Waals surface area (Å²) >= 11 is 1.83. The van der Waals surface area contributed by atoms with Crippen LogP contribution in [0.1, 0.15) is 37.0 Å². The van der Waals surface area contributed by atoms with Crippen molar-refractivity contribution in [2.45, 2.75) is 31.4 Å². The van der Waals surface area contributed by atoms with E-state index in [9.17, 15) is 4.79 Å². The molecule has 1 aromatic heterocycles. The minimum absolute atomic E-state index is 0.0261. The number of fused-ring (bicyclic) bond motifs is 1. The van der Waals surface area contributed by atoms with E-state index >= 15 is 0 Å². The van der Waals surface area contributed by atoms with Gasteiger partial charge in [-0.3, -0.25) is 4.79 Å². The predicted octanol–water partition coefficient (Wildman–Crippen LogP) is 3.21. The third-order valence-electron chi connectivity index (χ3n) is 3.98. The summed E-state index contributed by atoms with van der Waals surface area (Å²) in [5.74, 6) is -0.0261. The smallest absolute Gasteiger partial charge is 0.251 e. The Morgan fingerprint density at radius 3 is 2.80 bits per heavy atom. The average molecular weight is 291 g/mol. The number of nitrogens with one attached hydrogen (secondary N) is 2. The molecule has 108 valence electrons. The summed E-state index contributed by atoms with van der Waals surface area (Å²) in [6.45, 7) is 5.03. The highest BCUT2D eigenvalue weighted by molar-refractivity contribution is 8.00. The number of carbonyl (C=O) groups is 1. The number of amides is 1. The third kappa shape index (κ3) is 2.98. The van der Waals surface area contributed by atoms with Gasteiger partial charge in [-0.25, -0.2) is 4.98 Å². The minimum atomic E-state index is -0.0261. The Bertz CT molecular complexity index is 581. The van der Waals surface area contributed by atoms with Crippen LogP contribution < -0.4 is 5.32 Å². The molecule has 0 spiro atoms. The number of hydrogen-bond donors (Lipinski definition) is 2. The number of hydrogen-bond acceptors (Lipinski definition) is 3. The number of H-pyrrole nitrogens is 1. The summed E-state index contributed by atoms with van der Waals surface area (Å²) in [6, 6.07) is 5.52. The Labute approximate surface area is 123 Å². The van der Waals surface area contributed by atoms with Crippen LogP contribution in [0.25, 0.3) is 11.0 Å². The molecule has 0 atom stereocenters. The quantitative estimate of drug-likeness (QED) is 0.859. The first-order chi connectivity index (χ1) is 9.64. The standard InChI is InChI=1S/C15H21N3OS/c1-4-15(5-2,20-3)9-16-14(19)11-6-7-12-13(8-11)18-10-17-12/h6-8,10H,4-5,9H2,1-3H3,(H,16,19)(H,17,18). The second kappa shape index (κ2) is 6.31. The van der Waals surface area contributed by atoms with Gasteiger partial charge in [-0.15, -0.1) is 0 Å². The molecule has 1 heterocycles. The molecule has 0 saturated carbocycles. The summed E-state index contributed by atoms with van der Waals surface area (Å²) in [4.78, 5) is 19.4. The summed E-state index contributed by atoms with van der Waals surface area (Å²) in [6.07, 6.45) is 5.84. The molecule has 0 bridgehead atoms. The number of carbonyl (C=O) groups excluding carboxylic acids is 1. The molecular formula is C15H21N3OS. The maximum atomic E-state index is 12.3. The maximum Gasteiger partial charge on any atom is 0.251 e. The van der Waals surface area contributed by atoms with Gasteiger partial charge in [0.2, 0.25) is 0 Å². The fourth-order valence-electron chi connectivity index (χ4n) is 2.28. The number of benzene rings is 1. The Hall–Kier alpha value is -1.49. The van der Waals surface area contributed by atoms with Crippen LogP contribution in [0.2, 0.25) is 0 Å². The van der Waals surface area contributed by atoms with Gasteiger partial charge in [-0.05, 0) is 37.3 Å². The summed E-state index contributed by atoms with van der Waals surface area (Å²) in [5.41, 5.74) is 2.44. The lowest BCUT2D eigenvalue weighted by Crippen LogP contribution is -2.39. The fraction of sp³-hybridized carbons (Fsp3) is 0.467. The van der Waals surface area contributed by atoms with Crippen LogP contribution in [0.3, 0.4) is 0 Å². The molecule has 1 amide bonds. The van der Waals surface area contributed by atoms with Gasteiger partial charge in [-0.2, -0.15) is 11.8 Å². The Kier molecular flexibility index (Phi) is 4.70. The van der Waals surface area contributed by atoms with Crippen molar-refractivity contribution in [3.63, 3.8) is 0 Å². The van der Waals surface area contributed by atoms with E-state index in [1.165, 1.54) is 0 Å². The van der Waals surface area contributed by atoms with E-state index in [2.05, 4.69) is 35.4 Å². The molecule has 2 rings (SSSR count). The lowest BCUT2D eigenvalue weighted by molar-refractivity contribution is 0.0949. The molecule has 0 aliphatic carbocycles. The first-order valence-corrected chi connectivity index (χ1v) is 8.13. The lowest BCUT2D eigenvalue weighted by atomic mass is 10.0. The lowest BCUT2D eigenvalue weighted by Gasteiger charge is -2.29. The minimum Gasteiger partial charge on any atom is -0.351 e. The van der Waals surface area contributed by atoms with Gasteiger partial charge in [0.05, 0.1) is 17.4 Å². The van der Waals surface area contributed by atoms with E-state index in [4.69, 9.17) is 0 Å². The molecule has 2 N–H and O–H groups in total. The van der Waals surface area contributed by atoms with E-state index in [0.717, 1.165) is 23.9 Å². The van der Waals surface area contributed by atoms with E-state index in [-0.39, 0.29) is 10.7 Å². The van der Waals surface area contributed by atoms with Crippen molar-refractivity contribution in [1.82, 2.24) is 15.3 Å². The largest absolute Gasteiger partial charge is 0.351 e. The molecule has 2 aromatic rings. The van der Waals surface area contributed by atoms with Crippen molar-refractivity contribution >= 4 is 28.7 Å². The maximum absolute atomic E-state index is 12.3. The van der Waals surface area contributed by atoms with Crippen LogP contribution in [0.4, 0.5) is 0 Å². The van der Waals surface area contributed by atoms with Gasteiger partial charge >= 0.3 is 0 Å². The molecule has 0 fully saturated rings. The van der Waals surface area contributed by atoms with Crippen LogP contribution in [0.15, 0.2) is 24.5 Å². The van der Waals surface area contributed by atoms with Crippen LogP contribution in [0, 0.1) is 0 Å². The van der Waals surface area contributed by atoms with Crippen LogP contribution >= 0.6 is 11.8 Å². The van der Waals surface area contributed by atoms with Gasteiger partial charge in [0.1, 0.15) is 0 Å². The monoisotopic (exact) mass is 291 g/mol. The van der Waals surface area contributed by atoms with Gasteiger partial charge in [-0.1, -0.05) is 13.8 Å². The normalized spacial score (nSPS) is 11.8. The van der Waals surface area contributed by atoms with Crippen LogP contribution in [-0.4, -0.2) is 33.4 Å². The Morgan fingerprint density at radius 1 is 1.40 bits per heavy atom. The van der Waals surface area contributed by atoms with Crippen molar-refractivity contribution in [3.8, 4) is 0 Å². The highest BCUT2D eigenvalue weighted by Crippen LogP contribution is 2.29. The van der Waals surface area contributed by atoms with Crippen molar-refractivity contribution in [2.24, 2.45) is 0 Å². The molecule has 4 nitrogen and oxygen atoms in total. The number of imidazole rings is 1. The topological polar surface area (TPSA) is 57.8 Å². The number of nitrogens with zero attached hydrogens (tertiary/aromatic N) is 1. The highest BCUT2D eigenvalue weighted by Gasteiger charge is 2.25. The molecule has 20 heavy (non-hydrogen) atoms. The molecule has 5 heteroatoms. The third-order valence-corrected chi connectivity index (χ3v) is 5.56. The molecular weight excluding hydrogens is 270 g/mol. The molecule has 0 unspecified atom stereocenters. The average Bonchev–Trinajstić information content (AvgIpc) is 2.96. The van der Waals surface area contributed by atoms with Crippen LogP contribution in [-0.2, 0) is 0 Å². The van der Waals surface area contributed by atoms with Gasteiger partial charge < -0.3 is 10.3 Å². The predicted molar refractivity (Wildman–Crippen MR) is 85.3 cm³/mol. The van der Waals surface area contributed by atoms with Gasteiger partial charge in [0, 0.05) is 16.9 Å². The number of aromatic nitrogens is 2. The van der Waals surface area contributed by atoms with Crippen molar-refractivity contribution in [3.05, 3.63) is 30.1 Å². The van der Waals surface area contributed by atoms with Gasteiger partial charge in [0.15, 0.2) is 0 Å². The van der Waals surface area contributed by atoms with E-state index in [1.807, 2.05) is 30.0 Å². The number of thioether (sulfide) groups is 1.